The van der Waals surface area contributed by atoms with Gasteiger partial charge in [0.1, 0.15) is 11.2 Å². The number of para-hydroxylation sites is 1. The number of nitrogens with zero attached hydrogens (tertiary/aromatic N) is 2. The van der Waals surface area contributed by atoms with Crippen molar-refractivity contribution < 1.29 is 19.0 Å². The fourth-order valence-electron chi connectivity index (χ4n) is 3.77. The number of carboxylic acid groups (broad SMARTS) is 1. The highest BCUT2D eigenvalue weighted by Crippen LogP contribution is 2.19. The molecule has 0 aliphatic carbocycles. The summed E-state index contributed by atoms with van der Waals surface area (Å²) < 4.78 is 8.00. The van der Waals surface area contributed by atoms with E-state index in [1.807, 2.05) is 0 Å². The highest BCUT2D eigenvalue weighted by atomic mass is 16.4. The van der Waals surface area contributed by atoms with Crippen LogP contribution in [0.2, 0.25) is 0 Å². The number of hydrogen-bond acceptors (Lipinski definition) is 5. The van der Waals surface area contributed by atoms with Gasteiger partial charge in [-0.05, 0) is 36.2 Å². The van der Waals surface area contributed by atoms with Gasteiger partial charge in [0.2, 0.25) is 5.43 Å². The van der Waals surface area contributed by atoms with Gasteiger partial charge in [0, 0.05) is 25.2 Å². The van der Waals surface area contributed by atoms with Crippen molar-refractivity contribution in [2.45, 2.75) is 25.7 Å². The second-order valence-electron chi connectivity index (χ2n) is 7.10. The van der Waals surface area contributed by atoms with Crippen molar-refractivity contribution in [3.8, 4) is 0 Å². The first-order valence-electron chi connectivity index (χ1n) is 9.61. The first-order valence-corrected chi connectivity index (χ1v) is 9.61. The van der Waals surface area contributed by atoms with Gasteiger partial charge in [-0.25, -0.2) is 0 Å². The molecule has 6 heteroatoms. The quantitative estimate of drug-likeness (QED) is 0.501. The van der Waals surface area contributed by atoms with Crippen LogP contribution in [0, 0.1) is 0 Å². The highest BCUT2D eigenvalue weighted by Gasteiger charge is 2.25. The molecule has 0 amide bonds. The van der Waals surface area contributed by atoms with E-state index in [0.29, 0.717) is 27.5 Å². The van der Waals surface area contributed by atoms with Gasteiger partial charge in [0.15, 0.2) is 12.8 Å². The molecule has 0 saturated carbocycles. The molecule has 0 radical (unpaired) electrons. The van der Waals surface area contributed by atoms with Crippen LogP contribution >= 0.6 is 0 Å². The standard InChI is InChI=1S/C15H10O4.C7H13N2/c16-14(17)8-9-5-6-13-11(7-9)15(18)10-3-1-2-4-12(10)19-13;1-2-5-9-7-3-6-8(9)4-1/h1-7H,8H2,(H,16,17);4H,1-3,5-7H2/q;+1/p-1. The van der Waals surface area contributed by atoms with Crippen LogP contribution in [0.15, 0.2) is 51.7 Å². The van der Waals surface area contributed by atoms with Crippen molar-refractivity contribution in [3.63, 3.8) is 0 Å². The van der Waals surface area contributed by atoms with Gasteiger partial charge in [-0.1, -0.05) is 18.2 Å². The van der Waals surface area contributed by atoms with E-state index in [1.165, 1.54) is 38.9 Å². The van der Waals surface area contributed by atoms with E-state index in [0.717, 1.165) is 0 Å². The zero-order valence-corrected chi connectivity index (χ0v) is 15.6. The Bertz CT molecular complexity index is 1120. The SMILES string of the molecule is C1=[N+]2CCCN2CCC1.O=C([O-])Cc1ccc2oc3ccccc3c(=O)c2c1. The third kappa shape index (κ3) is 3.76. The monoisotopic (exact) mass is 378 g/mol. The lowest BCUT2D eigenvalue weighted by Gasteiger charge is -2.15. The van der Waals surface area contributed by atoms with Crippen LogP contribution in [0.1, 0.15) is 24.8 Å². The lowest BCUT2D eigenvalue weighted by Crippen LogP contribution is -2.33. The summed E-state index contributed by atoms with van der Waals surface area (Å²) in [7, 11) is 0. The van der Waals surface area contributed by atoms with E-state index < -0.39 is 5.97 Å². The summed E-state index contributed by atoms with van der Waals surface area (Å²) in [5, 5.41) is 13.9. The van der Waals surface area contributed by atoms with E-state index >= 15 is 0 Å². The Labute approximate surface area is 162 Å². The van der Waals surface area contributed by atoms with E-state index in [4.69, 9.17) is 4.42 Å². The molecule has 1 aromatic heterocycles. The molecule has 0 N–H and O–H groups in total. The molecule has 6 nitrogen and oxygen atoms in total. The van der Waals surface area contributed by atoms with Gasteiger partial charge in [-0.3, -0.25) is 4.79 Å². The van der Waals surface area contributed by atoms with E-state index in [-0.39, 0.29) is 11.8 Å². The summed E-state index contributed by atoms with van der Waals surface area (Å²) >= 11 is 0. The van der Waals surface area contributed by atoms with Gasteiger partial charge < -0.3 is 14.3 Å². The number of benzene rings is 2. The van der Waals surface area contributed by atoms with E-state index in [1.54, 1.807) is 42.5 Å². The number of carboxylic acids is 1. The van der Waals surface area contributed by atoms with Crippen molar-refractivity contribution in [3.05, 3.63) is 58.3 Å². The molecule has 1 fully saturated rings. The maximum Gasteiger partial charge on any atom is 0.200 e. The normalized spacial score (nSPS) is 15.7. The van der Waals surface area contributed by atoms with Crippen LogP contribution < -0.4 is 10.5 Å². The van der Waals surface area contributed by atoms with Gasteiger partial charge in [-0.15, -0.1) is 4.68 Å². The van der Waals surface area contributed by atoms with Crippen molar-refractivity contribution in [2.75, 3.05) is 19.6 Å². The largest absolute Gasteiger partial charge is 0.550 e. The number of carbonyl (C=O) groups is 1. The van der Waals surface area contributed by atoms with Crippen molar-refractivity contribution in [1.29, 1.82) is 0 Å². The molecule has 0 bridgehead atoms. The molecular weight excluding hydrogens is 356 g/mol. The first kappa shape index (κ1) is 18.2. The van der Waals surface area contributed by atoms with Crippen molar-refractivity contribution in [2.24, 2.45) is 0 Å². The number of aliphatic carboxylic acids is 1. The number of hydrazine groups is 1. The number of hydrogen-bond donors (Lipinski definition) is 0. The summed E-state index contributed by atoms with van der Waals surface area (Å²) in [4.78, 5) is 22.9. The Morgan fingerprint density at radius 2 is 1.86 bits per heavy atom. The number of rotatable bonds is 2. The molecule has 2 aliphatic rings. The minimum absolute atomic E-state index is 0.156. The van der Waals surface area contributed by atoms with Gasteiger partial charge in [-0.2, -0.15) is 5.01 Å². The summed E-state index contributed by atoms with van der Waals surface area (Å²) in [6.07, 6.45) is 6.11. The zero-order chi connectivity index (χ0) is 19.5. The van der Waals surface area contributed by atoms with Crippen LogP contribution in [0.25, 0.3) is 21.9 Å². The van der Waals surface area contributed by atoms with Crippen LogP contribution in [-0.2, 0) is 11.2 Å². The minimum atomic E-state index is -1.18. The fraction of sp³-hybridized carbons (Fsp3) is 0.318. The van der Waals surface area contributed by atoms with Gasteiger partial charge in [0.05, 0.1) is 23.9 Å². The van der Waals surface area contributed by atoms with Crippen molar-refractivity contribution >= 4 is 34.1 Å². The smallest absolute Gasteiger partial charge is 0.200 e. The van der Waals surface area contributed by atoms with Crippen LogP contribution in [-0.4, -0.2) is 41.5 Å². The molecule has 0 unspecified atom stereocenters. The first-order chi connectivity index (χ1) is 13.6. The summed E-state index contributed by atoms with van der Waals surface area (Å²) in [5.41, 5.74) is 1.34. The molecule has 144 valence electrons. The molecule has 5 rings (SSSR count). The van der Waals surface area contributed by atoms with Crippen LogP contribution in [0.3, 0.4) is 0 Å². The molecule has 3 aromatic rings. The Morgan fingerprint density at radius 1 is 1.07 bits per heavy atom. The lowest BCUT2D eigenvalue weighted by molar-refractivity contribution is -0.667. The molecule has 3 heterocycles. The Morgan fingerprint density at radius 3 is 2.68 bits per heavy atom. The molecule has 0 spiro atoms. The molecule has 2 aliphatic heterocycles. The van der Waals surface area contributed by atoms with Crippen LogP contribution in [0.5, 0.6) is 0 Å². The summed E-state index contributed by atoms with van der Waals surface area (Å²) in [6.45, 7) is 3.84. The Hall–Kier alpha value is -3.15. The predicted molar refractivity (Wildman–Crippen MR) is 105 cm³/mol. The second-order valence-corrected chi connectivity index (χ2v) is 7.10. The molecular formula is C22H22N2O4. The minimum Gasteiger partial charge on any atom is -0.550 e. The second kappa shape index (κ2) is 7.84. The number of fused-ring (bicyclic) bond motifs is 3. The number of hydrazone groups is 1. The van der Waals surface area contributed by atoms with Crippen LogP contribution in [0.4, 0.5) is 0 Å². The third-order valence-corrected chi connectivity index (χ3v) is 5.12. The van der Waals surface area contributed by atoms with E-state index in [2.05, 4.69) is 15.9 Å². The van der Waals surface area contributed by atoms with Gasteiger partial charge in [0.25, 0.3) is 0 Å². The molecule has 1 saturated heterocycles. The Kier molecular flexibility index (Phi) is 5.10. The predicted octanol–water partition coefficient (Wildman–Crippen LogP) is 1.72. The summed E-state index contributed by atoms with van der Waals surface area (Å²) in [6, 6.07) is 11.7. The molecule has 28 heavy (non-hydrogen) atoms. The molecule has 2 aromatic carbocycles. The zero-order valence-electron chi connectivity index (χ0n) is 15.6. The Balaban J connectivity index is 0.000000177. The number of carbonyl (C=O) groups excluding carboxylic acids is 1. The maximum absolute atomic E-state index is 12.3. The molecule has 0 atom stereocenters. The lowest BCUT2D eigenvalue weighted by atomic mass is 10.1. The highest BCUT2D eigenvalue weighted by molar-refractivity contribution is 5.90. The van der Waals surface area contributed by atoms with Gasteiger partial charge >= 0.3 is 0 Å². The van der Waals surface area contributed by atoms with E-state index in [9.17, 15) is 14.7 Å². The average molecular weight is 378 g/mol. The fourth-order valence-corrected chi connectivity index (χ4v) is 3.77. The average Bonchev–Trinajstić information content (AvgIpc) is 3.18. The van der Waals surface area contributed by atoms with Crippen molar-refractivity contribution in [1.82, 2.24) is 5.01 Å². The topological polar surface area (TPSA) is 76.6 Å². The summed E-state index contributed by atoms with van der Waals surface area (Å²) in [5.74, 6) is -1.18. The third-order valence-electron chi connectivity index (χ3n) is 5.12. The maximum atomic E-state index is 12.3.